The van der Waals surface area contributed by atoms with Crippen LogP contribution in [0.4, 0.5) is 42.1 Å². The molecule has 3 nitrogen and oxygen atoms in total. The molecule has 0 saturated carbocycles. The Balaban J connectivity index is 1.35. The summed E-state index contributed by atoms with van der Waals surface area (Å²) in [6.45, 7) is 1.50. The molecule has 43 heavy (non-hydrogen) atoms. The summed E-state index contributed by atoms with van der Waals surface area (Å²) in [5, 5.41) is 15.2. The van der Waals surface area contributed by atoms with Gasteiger partial charge in [-0.1, -0.05) is 42.5 Å². The van der Waals surface area contributed by atoms with E-state index >= 15 is 0 Å². The molecular formula is C33H27F7N2O. The third kappa shape index (κ3) is 6.92. The smallest absolute Gasteiger partial charge is 0.376 e. The van der Waals surface area contributed by atoms with E-state index in [1.54, 1.807) is 18.2 Å². The first-order chi connectivity index (χ1) is 20.3. The van der Waals surface area contributed by atoms with E-state index in [1.807, 2.05) is 24.3 Å². The predicted octanol–water partition coefficient (Wildman–Crippen LogP) is 8.68. The quantitative estimate of drug-likeness (QED) is 0.165. The number of benzene rings is 4. The van der Waals surface area contributed by atoms with Crippen molar-refractivity contribution in [3.05, 3.63) is 142 Å². The maximum atomic E-state index is 13.2. The lowest BCUT2D eigenvalue weighted by Gasteiger charge is -2.37. The van der Waals surface area contributed by atoms with Crippen LogP contribution in [0.1, 0.15) is 34.2 Å². The topological polar surface area (TPSA) is 35.5 Å². The van der Waals surface area contributed by atoms with Gasteiger partial charge in [0.15, 0.2) is 0 Å². The van der Waals surface area contributed by atoms with E-state index in [4.69, 9.17) is 0 Å². The summed E-state index contributed by atoms with van der Waals surface area (Å²) in [6.07, 6.45) is -7.04. The van der Waals surface area contributed by atoms with Crippen LogP contribution in [0.3, 0.4) is 0 Å². The lowest BCUT2D eigenvalue weighted by atomic mass is 9.77. The molecule has 1 heterocycles. The van der Waals surface area contributed by atoms with Gasteiger partial charge in [-0.15, -0.1) is 0 Å². The van der Waals surface area contributed by atoms with E-state index in [0.717, 1.165) is 65.5 Å². The van der Waals surface area contributed by atoms with Crippen molar-refractivity contribution in [1.82, 2.24) is 4.90 Å². The van der Waals surface area contributed by atoms with Gasteiger partial charge in [-0.25, -0.2) is 4.39 Å². The predicted molar refractivity (Wildman–Crippen MR) is 150 cm³/mol. The zero-order valence-corrected chi connectivity index (χ0v) is 22.7. The fourth-order valence-electron chi connectivity index (χ4n) is 5.17. The Morgan fingerprint density at radius 1 is 0.628 bits per heavy atom. The molecule has 2 N–H and O–H groups in total. The van der Waals surface area contributed by atoms with Crippen molar-refractivity contribution >= 4 is 11.4 Å². The minimum atomic E-state index is -4.58. The van der Waals surface area contributed by atoms with Crippen molar-refractivity contribution in [2.45, 2.75) is 30.9 Å². The first kappa shape index (κ1) is 30.3. The number of anilines is 2. The number of nitrogens with one attached hydrogen (secondary N) is 1. The summed E-state index contributed by atoms with van der Waals surface area (Å²) in [4.78, 5) is 2.12. The molecule has 0 unspecified atom stereocenters. The molecule has 10 heteroatoms. The van der Waals surface area contributed by atoms with Gasteiger partial charge in [-0.3, -0.25) is 4.90 Å². The summed E-state index contributed by atoms with van der Waals surface area (Å²) in [5.74, 6) is -0.322. The average molecular weight is 601 g/mol. The van der Waals surface area contributed by atoms with E-state index in [2.05, 4.69) is 10.2 Å². The van der Waals surface area contributed by atoms with E-state index in [1.165, 1.54) is 12.1 Å². The molecule has 0 amide bonds. The second-order valence-electron chi connectivity index (χ2n) is 10.4. The molecule has 0 fully saturated rings. The summed E-state index contributed by atoms with van der Waals surface area (Å²) in [7, 11) is 0. The zero-order valence-electron chi connectivity index (χ0n) is 22.7. The second-order valence-corrected chi connectivity index (χ2v) is 10.4. The van der Waals surface area contributed by atoms with Crippen LogP contribution in [0.25, 0.3) is 0 Å². The fraction of sp³-hybridized carbons (Fsp3) is 0.212. The van der Waals surface area contributed by atoms with Gasteiger partial charge in [-0.05, 0) is 89.3 Å². The normalized spacial score (nSPS) is 14.8. The first-order valence-electron chi connectivity index (χ1n) is 13.4. The van der Waals surface area contributed by atoms with Gasteiger partial charge in [0.1, 0.15) is 11.4 Å². The van der Waals surface area contributed by atoms with Crippen LogP contribution in [0.5, 0.6) is 0 Å². The molecule has 0 aliphatic carbocycles. The van der Waals surface area contributed by atoms with Gasteiger partial charge >= 0.3 is 12.4 Å². The number of nitrogens with zero attached hydrogens (tertiary/aromatic N) is 1. The molecule has 0 bridgehead atoms. The maximum absolute atomic E-state index is 13.2. The minimum absolute atomic E-state index is 0.129. The number of rotatable bonds is 7. The van der Waals surface area contributed by atoms with Crippen molar-refractivity contribution in [2.24, 2.45) is 0 Å². The Morgan fingerprint density at radius 2 is 1.07 bits per heavy atom. The van der Waals surface area contributed by atoms with Crippen LogP contribution in [-0.4, -0.2) is 23.1 Å². The molecule has 5 rings (SSSR count). The number of hydrogen-bond donors (Lipinski definition) is 2. The van der Waals surface area contributed by atoms with E-state index in [9.17, 15) is 35.8 Å². The van der Waals surface area contributed by atoms with E-state index < -0.39 is 29.1 Å². The zero-order chi connectivity index (χ0) is 30.8. The lowest BCUT2D eigenvalue weighted by molar-refractivity contribution is -0.138. The summed E-state index contributed by atoms with van der Waals surface area (Å²) in [5.41, 5.74) is -0.375. The molecule has 0 atom stereocenters. The van der Waals surface area contributed by atoms with E-state index in [0.29, 0.717) is 31.6 Å². The van der Waals surface area contributed by atoms with Crippen LogP contribution in [-0.2, 0) is 24.5 Å². The van der Waals surface area contributed by atoms with Gasteiger partial charge < -0.3 is 10.4 Å². The van der Waals surface area contributed by atoms with Crippen molar-refractivity contribution in [2.75, 3.05) is 18.4 Å². The standard InChI is InChI=1S/C33H27F7N2O/c34-28-11-15-30(16-12-28)41-29-13-1-22(2-14-29)21-42-19-17-25(18-20-42)31(43,23-3-7-26(8-4-23)32(35,36)37)24-5-9-27(10-6-24)33(38,39)40/h1-17,41,43H,18-21H2. The average Bonchev–Trinajstić information content (AvgIpc) is 2.98. The van der Waals surface area contributed by atoms with Crippen molar-refractivity contribution in [1.29, 1.82) is 0 Å². The third-order valence-electron chi connectivity index (χ3n) is 7.51. The van der Waals surface area contributed by atoms with Crippen molar-refractivity contribution in [3.63, 3.8) is 0 Å². The van der Waals surface area contributed by atoms with Gasteiger partial charge in [-0.2, -0.15) is 26.3 Å². The highest BCUT2D eigenvalue weighted by Crippen LogP contribution is 2.42. The highest BCUT2D eigenvalue weighted by Gasteiger charge is 2.39. The van der Waals surface area contributed by atoms with Crippen molar-refractivity contribution < 1.29 is 35.8 Å². The van der Waals surface area contributed by atoms with E-state index in [-0.39, 0.29) is 16.9 Å². The van der Waals surface area contributed by atoms with Crippen LogP contribution >= 0.6 is 0 Å². The van der Waals surface area contributed by atoms with Gasteiger partial charge in [0.05, 0.1) is 11.1 Å². The molecule has 1 aliphatic rings. The lowest BCUT2D eigenvalue weighted by Crippen LogP contribution is -2.37. The molecule has 224 valence electrons. The number of hydrogen-bond acceptors (Lipinski definition) is 3. The Labute approximate surface area is 243 Å². The molecular weight excluding hydrogens is 573 g/mol. The fourth-order valence-corrected chi connectivity index (χ4v) is 5.17. The van der Waals surface area contributed by atoms with Crippen LogP contribution < -0.4 is 5.32 Å². The van der Waals surface area contributed by atoms with Gasteiger partial charge in [0.2, 0.25) is 0 Å². The summed E-state index contributed by atoms with van der Waals surface area (Å²) in [6, 6.07) is 21.8. The Kier molecular flexibility index (Phi) is 8.36. The summed E-state index contributed by atoms with van der Waals surface area (Å²) >= 11 is 0. The minimum Gasteiger partial charge on any atom is -0.376 e. The number of alkyl halides is 6. The van der Waals surface area contributed by atoms with Crippen LogP contribution in [0.2, 0.25) is 0 Å². The molecule has 1 aliphatic heterocycles. The van der Waals surface area contributed by atoms with Crippen LogP contribution in [0.15, 0.2) is 109 Å². The Morgan fingerprint density at radius 3 is 1.49 bits per heavy atom. The van der Waals surface area contributed by atoms with Crippen molar-refractivity contribution in [3.8, 4) is 0 Å². The second kappa shape index (κ2) is 11.9. The molecule has 0 saturated heterocycles. The first-order valence-corrected chi connectivity index (χ1v) is 13.4. The highest BCUT2D eigenvalue weighted by molar-refractivity contribution is 5.59. The van der Waals surface area contributed by atoms with Gasteiger partial charge in [0.25, 0.3) is 0 Å². The molecule has 4 aromatic carbocycles. The Bertz CT molecular complexity index is 1500. The summed E-state index contributed by atoms with van der Waals surface area (Å²) < 4.78 is 92.4. The highest BCUT2D eigenvalue weighted by atomic mass is 19.4. The largest absolute Gasteiger partial charge is 0.416 e. The molecule has 4 aromatic rings. The Hall–Kier alpha value is -4.15. The third-order valence-corrected chi connectivity index (χ3v) is 7.51. The molecule has 0 spiro atoms. The maximum Gasteiger partial charge on any atom is 0.416 e. The van der Waals surface area contributed by atoms with Gasteiger partial charge in [0, 0.05) is 31.0 Å². The molecule has 0 aromatic heterocycles. The number of aliphatic hydroxyl groups is 1. The SMILES string of the molecule is OC(C1=CCN(Cc2ccc(Nc3ccc(F)cc3)cc2)CC1)(c1ccc(C(F)(F)F)cc1)c1ccc(C(F)(F)F)cc1. The monoisotopic (exact) mass is 600 g/mol. The van der Waals surface area contributed by atoms with Crippen LogP contribution in [0, 0.1) is 5.82 Å². The molecule has 0 radical (unpaired) electrons. The number of halogens is 7.